The van der Waals surface area contributed by atoms with Crippen LogP contribution in [0.3, 0.4) is 0 Å². The first-order chi connectivity index (χ1) is 9.80. The summed E-state index contributed by atoms with van der Waals surface area (Å²) in [5.41, 5.74) is 0.407. The van der Waals surface area contributed by atoms with Crippen LogP contribution in [0.15, 0.2) is 18.3 Å². The summed E-state index contributed by atoms with van der Waals surface area (Å²) in [6.45, 7) is 4.77. The number of nitrogens with zero attached hydrogens (tertiary/aromatic N) is 2. The quantitative estimate of drug-likeness (QED) is 0.832. The van der Waals surface area contributed by atoms with Crippen molar-refractivity contribution < 1.29 is 9.90 Å². The van der Waals surface area contributed by atoms with Gasteiger partial charge in [-0.3, -0.25) is 9.48 Å². The van der Waals surface area contributed by atoms with E-state index in [2.05, 4.69) is 24.3 Å². The maximum absolute atomic E-state index is 11.8. The van der Waals surface area contributed by atoms with Crippen LogP contribution in [0.2, 0.25) is 0 Å². The van der Waals surface area contributed by atoms with Gasteiger partial charge in [0.15, 0.2) is 0 Å². The van der Waals surface area contributed by atoms with Gasteiger partial charge in [-0.2, -0.15) is 5.10 Å². The monoisotopic (exact) mass is 291 g/mol. The van der Waals surface area contributed by atoms with Crippen LogP contribution in [-0.4, -0.2) is 32.9 Å². The van der Waals surface area contributed by atoms with Gasteiger partial charge in [-0.1, -0.05) is 13.8 Å². The minimum absolute atomic E-state index is 0.186. The van der Waals surface area contributed by atoms with Crippen molar-refractivity contribution in [3.05, 3.63) is 24.0 Å². The number of rotatable bonds is 4. The average Bonchev–Trinajstić information content (AvgIpc) is 2.84. The van der Waals surface area contributed by atoms with E-state index in [1.807, 2.05) is 13.1 Å². The number of hydrogen-bond acceptors (Lipinski definition) is 3. The smallest absolute Gasteiger partial charge is 0.244 e. The van der Waals surface area contributed by atoms with Gasteiger partial charge in [0.2, 0.25) is 5.91 Å². The highest BCUT2D eigenvalue weighted by molar-refractivity contribution is 5.91. The molecular weight excluding hydrogens is 266 g/mol. The number of aliphatic hydroxyl groups is 1. The van der Waals surface area contributed by atoms with Gasteiger partial charge in [0.25, 0.3) is 0 Å². The summed E-state index contributed by atoms with van der Waals surface area (Å²) in [6, 6.07) is 1.83. The Morgan fingerprint density at radius 1 is 1.43 bits per heavy atom. The molecule has 2 N–H and O–H groups in total. The molecule has 0 bridgehead atoms. The van der Waals surface area contributed by atoms with Gasteiger partial charge in [-0.05, 0) is 43.2 Å². The van der Waals surface area contributed by atoms with Crippen LogP contribution < -0.4 is 5.32 Å². The largest absolute Gasteiger partial charge is 0.388 e. The van der Waals surface area contributed by atoms with Gasteiger partial charge >= 0.3 is 0 Å². The lowest BCUT2D eigenvalue weighted by molar-refractivity contribution is -0.118. The second kappa shape index (κ2) is 6.02. The van der Waals surface area contributed by atoms with Gasteiger partial charge in [0, 0.05) is 25.9 Å². The summed E-state index contributed by atoms with van der Waals surface area (Å²) >= 11 is 0. The molecule has 0 aliphatic heterocycles. The second-order valence-electron chi connectivity index (χ2n) is 6.82. The lowest BCUT2D eigenvalue weighted by Crippen LogP contribution is -2.46. The van der Waals surface area contributed by atoms with Crippen molar-refractivity contribution in [1.29, 1.82) is 0 Å². The van der Waals surface area contributed by atoms with Gasteiger partial charge in [0.1, 0.15) is 0 Å². The number of hydrogen-bond donors (Lipinski definition) is 2. The van der Waals surface area contributed by atoms with E-state index in [-0.39, 0.29) is 5.91 Å². The van der Waals surface area contributed by atoms with Crippen molar-refractivity contribution in [1.82, 2.24) is 15.1 Å². The third-order valence-corrected chi connectivity index (χ3v) is 4.39. The molecule has 0 atom stereocenters. The molecule has 5 heteroatoms. The number of aryl methyl sites for hydroxylation is 1. The van der Waals surface area contributed by atoms with E-state index in [4.69, 9.17) is 0 Å². The Kier molecular flexibility index (Phi) is 4.52. The second-order valence-corrected chi connectivity index (χ2v) is 6.82. The van der Waals surface area contributed by atoms with Crippen LogP contribution in [0, 0.1) is 5.41 Å². The zero-order chi connectivity index (χ0) is 15.5. The number of nitrogens with one attached hydrogen (secondary N) is 1. The van der Waals surface area contributed by atoms with Gasteiger partial charge in [-0.25, -0.2) is 0 Å². The average molecular weight is 291 g/mol. The summed E-state index contributed by atoms with van der Waals surface area (Å²) in [5, 5.41) is 17.3. The Morgan fingerprint density at radius 2 is 2.10 bits per heavy atom. The number of carbonyl (C=O) groups is 1. The first kappa shape index (κ1) is 15.8. The third-order valence-electron chi connectivity index (χ3n) is 4.39. The van der Waals surface area contributed by atoms with E-state index >= 15 is 0 Å². The first-order valence-corrected chi connectivity index (χ1v) is 7.46. The molecule has 116 valence electrons. The molecule has 21 heavy (non-hydrogen) atoms. The maximum atomic E-state index is 11.8. The fraction of sp³-hybridized carbons (Fsp3) is 0.625. The Labute approximate surface area is 126 Å². The molecule has 1 aromatic heterocycles. The minimum atomic E-state index is -0.758. The zero-order valence-electron chi connectivity index (χ0n) is 13.1. The van der Waals surface area contributed by atoms with Crippen molar-refractivity contribution in [2.45, 2.75) is 45.1 Å². The SMILES string of the molecule is Cn1nccc1C=CC(=O)NCC1(O)CCC(C)(C)CC1. The minimum Gasteiger partial charge on any atom is -0.388 e. The van der Waals surface area contributed by atoms with E-state index in [9.17, 15) is 9.90 Å². The fourth-order valence-corrected chi connectivity index (χ4v) is 2.59. The first-order valence-electron chi connectivity index (χ1n) is 7.46. The van der Waals surface area contributed by atoms with Crippen molar-refractivity contribution in [2.24, 2.45) is 12.5 Å². The topological polar surface area (TPSA) is 67.2 Å². The molecule has 0 spiro atoms. The standard InChI is InChI=1S/C16H25N3O2/c1-15(2)7-9-16(21,10-8-15)12-17-14(20)5-4-13-6-11-18-19(13)3/h4-6,11,21H,7-10,12H2,1-3H3,(H,17,20). The van der Waals surface area contributed by atoms with E-state index < -0.39 is 5.60 Å². The summed E-state index contributed by atoms with van der Waals surface area (Å²) in [4.78, 5) is 11.8. The molecule has 2 rings (SSSR count). The third kappa shape index (κ3) is 4.43. The fourth-order valence-electron chi connectivity index (χ4n) is 2.59. The molecule has 1 heterocycles. The highest BCUT2D eigenvalue weighted by Gasteiger charge is 2.36. The molecule has 1 amide bonds. The lowest BCUT2D eigenvalue weighted by atomic mass is 9.71. The molecule has 0 aromatic carbocycles. The zero-order valence-corrected chi connectivity index (χ0v) is 13.1. The molecule has 1 aliphatic rings. The lowest BCUT2D eigenvalue weighted by Gasteiger charge is -2.40. The van der Waals surface area contributed by atoms with Crippen LogP contribution in [0.25, 0.3) is 6.08 Å². The molecule has 1 saturated carbocycles. The summed E-state index contributed by atoms with van der Waals surface area (Å²) in [5.74, 6) is -0.186. The van der Waals surface area contributed by atoms with Gasteiger partial charge < -0.3 is 10.4 Å². The number of amides is 1. The van der Waals surface area contributed by atoms with Crippen LogP contribution in [0.5, 0.6) is 0 Å². The van der Waals surface area contributed by atoms with E-state index in [1.165, 1.54) is 6.08 Å². The molecule has 1 aromatic rings. The highest BCUT2D eigenvalue weighted by Crippen LogP contribution is 2.39. The van der Waals surface area contributed by atoms with E-state index in [1.54, 1.807) is 17.0 Å². The molecule has 1 fully saturated rings. The molecule has 1 aliphatic carbocycles. The molecule has 0 radical (unpaired) electrons. The van der Waals surface area contributed by atoms with Gasteiger partial charge in [0.05, 0.1) is 11.3 Å². The number of aromatic nitrogens is 2. The summed E-state index contributed by atoms with van der Waals surface area (Å²) in [7, 11) is 1.82. The van der Waals surface area contributed by atoms with Crippen LogP contribution in [-0.2, 0) is 11.8 Å². The van der Waals surface area contributed by atoms with Crippen molar-refractivity contribution in [2.75, 3.05) is 6.54 Å². The normalized spacial score (nSPS) is 20.6. The summed E-state index contributed by atoms with van der Waals surface area (Å²) in [6.07, 6.45) is 8.35. The molecule has 0 saturated heterocycles. The molecule has 5 nitrogen and oxygen atoms in total. The Balaban J connectivity index is 1.82. The Morgan fingerprint density at radius 3 is 2.67 bits per heavy atom. The molecular formula is C16H25N3O2. The molecule has 0 unspecified atom stereocenters. The number of carbonyl (C=O) groups excluding carboxylic acids is 1. The van der Waals surface area contributed by atoms with Gasteiger partial charge in [-0.15, -0.1) is 0 Å². The van der Waals surface area contributed by atoms with Crippen molar-refractivity contribution >= 4 is 12.0 Å². The highest BCUT2D eigenvalue weighted by atomic mass is 16.3. The predicted molar refractivity (Wildman–Crippen MR) is 82.5 cm³/mol. The van der Waals surface area contributed by atoms with E-state index in [0.717, 1.165) is 31.4 Å². The van der Waals surface area contributed by atoms with Crippen molar-refractivity contribution in [3.63, 3.8) is 0 Å². The van der Waals surface area contributed by atoms with Crippen LogP contribution in [0.1, 0.15) is 45.2 Å². The van der Waals surface area contributed by atoms with Crippen LogP contribution in [0.4, 0.5) is 0 Å². The van der Waals surface area contributed by atoms with Crippen LogP contribution >= 0.6 is 0 Å². The summed E-state index contributed by atoms with van der Waals surface area (Å²) < 4.78 is 1.69. The predicted octanol–water partition coefficient (Wildman–Crippen LogP) is 1.88. The van der Waals surface area contributed by atoms with E-state index in [0.29, 0.717) is 12.0 Å². The Bertz CT molecular complexity index is 521. The maximum Gasteiger partial charge on any atom is 0.244 e. The Hall–Kier alpha value is -1.62. The van der Waals surface area contributed by atoms with Crippen molar-refractivity contribution in [3.8, 4) is 0 Å².